The molecule has 6 nitrogen and oxygen atoms in total. The van der Waals surface area contributed by atoms with Gasteiger partial charge >= 0.3 is 0 Å². The number of hydrogen-bond acceptors (Lipinski definition) is 6. The fourth-order valence-corrected chi connectivity index (χ4v) is 3.00. The molecule has 0 aliphatic rings. The molecule has 0 unspecified atom stereocenters. The van der Waals surface area contributed by atoms with Gasteiger partial charge in [-0.1, -0.05) is 12.1 Å². The number of benzene rings is 2. The highest BCUT2D eigenvalue weighted by molar-refractivity contribution is 7.11. The number of phenols is 1. The van der Waals surface area contributed by atoms with Crippen LogP contribution in [0.25, 0.3) is 22.9 Å². The SMILES string of the molecule is N#CC(=Cc1cccc(O)c1)c1nc(-c2ccc([N+](=O)[O-])cc2)cs1. The van der Waals surface area contributed by atoms with Crippen molar-refractivity contribution in [3.63, 3.8) is 0 Å². The lowest BCUT2D eigenvalue weighted by Gasteiger charge is -1.98. The summed E-state index contributed by atoms with van der Waals surface area (Å²) in [6.45, 7) is 0. The Balaban J connectivity index is 1.91. The van der Waals surface area contributed by atoms with Crippen LogP contribution in [0.15, 0.2) is 53.9 Å². The molecule has 25 heavy (non-hydrogen) atoms. The first-order valence-electron chi connectivity index (χ1n) is 7.18. The van der Waals surface area contributed by atoms with Gasteiger partial charge in [0.2, 0.25) is 0 Å². The minimum Gasteiger partial charge on any atom is -0.508 e. The summed E-state index contributed by atoms with van der Waals surface area (Å²) >= 11 is 1.31. The van der Waals surface area contributed by atoms with Gasteiger partial charge in [0.1, 0.15) is 16.8 Å². The molecular weight excluding hydrogens is 338 g/mol. The number of aromatic nitrogens is 1. The molecule has 0 saturated carbocycles. The van der Waals surface area contributed by atoms with Crippen LogP contribution in [-0.2, 0) is 0 Å². The molecule has 0 spiro atoms. The minimum absolute atomic E-state index is 0.0145. The van der Waals surface area contributed by atoms with Crippen molar-refractivity contribution in [3.8, 4) is 23.1 Å². The van der Waals surface area contributed by atoms with E-state index in [-0.39, 0.29) is 11.4 Å². The van der Waals surface area contributed by atoms with Gasteiger partial charge in [0.05, 0.1) is 16.2 Å². The number of phenolic OH excluding ortho intramolecular Hbond substituents is 1. The molecule has 2 aromatic carbocycles. The van der Waals surface area contributed by atoms with Crippen molar-refractivity contribution in [1.82, 2.24) is 4.98 Å². The van der Waals surface area contributed by atoms with E-state index in [2.05, 4.69) is 11.1 Å². The molecule has 0 amide bonds. The lowest BCUT2D eigenvalue weighted by Crippen LogP contribution is -1.87. The molecule has 122 valence electrons. The van der Waals surface area contributed by atoms with Crippen LogP contribution >= 0.6 is 11.3 Å². The van der Waals surface area contributed by atoms with E-state index in [1.807, 2.05) is 0 Å². The Hall–Kier alpha value is -3.50. The van der Waals surface area contributed by atoms with Crippen LogP contribution in [0, 0.1) is 21.4 Å². The highest BCUT2D eigenvalue weighted by atomic mass is 32.1. The minimum atomic E-state index is -0.456. The number of nitriles is 1. The standard InChI is InChI=1S/C18H11N3O3S/c19-10-14(8-12-2-1-3-16(22)9-12)18-20-17(11-25-18)13-4-6-15(7-5-13)21(23)24/h1-9,11,22H. The third-order valence-corrected chi connectivity index (χ3v) is 4.29. The highest BCUT2D eigenvalue weighted by Gasteiger charge is 2.11. The molecule has 0 radical (unpaired) electrons. The number of thiazole rings is 1. The van der Waals surface area contributed by atoms with Gasteiger partial charge in [-0.2, -0.15) is 5.26 Å². The van der Waals surface area contributed by atoms with Gasteiger partial charge in [0.25, 0.3) is 5.69 Å². The molecule has 0 bridgehead atoms. The highest BCUT2D eigenvalue weighted by Crippen LogP contribution is 2.28. The Kier molecular flexibility index (Phi) is 4.55. The van der Waals surface area contributed by atoms with E-state index < -0.39 is 4.92 Å². The van der Waals surface area contributed by atoms with Crippen molar-refractivity contribution < 1.29 is 10.0 Å². The van der Waals surface area contributed by atoms with E-state index in [1.54, 1.807) is 47.9 Å². The van der Waals surface area contributed by atoms with Crippen LogP contribution in [0.1, 0.15) is 10.6 Å². The second kappa shape index (κ2) is 6.95. The molecule has 7 heteroatoms. The van der Waals surface area contributed by atoms with Crippen LogP contribution in [0.3, 0.4) is 0 Å². The first-order chi connectivity index (χ1) is 12.1. The van der Waals surface area contributed by atoms with Crippen molar-refractivity contribution in [2.75, 3.05) is 0 Å². The maximum absolute atomic E-state index is 10.7. The van der Waals surface area contributed by atoms with Crippen LogP contribution in [-0.4, -0.2) is 15.0 Å². The van der Waals surface area contributed by atoms with Gasteiger partial charge in [0, 0.05) is 23.1 Å². The molecule has 0 aliphatic carbocycles. The molecule has 1 aromatic heterocycles. The number of nitro benzene ring substituents is 1. The smallest absolute Gasteiger partial charge is 0.269 e. The number of rotatable bonds is 4. The number of aromatic hydroxyl groups is 1. The lowest BCUT2D eigenvalue weighted by atomic mass is 10.1. The first-order valence-corrected chi connectivity index (χ1v) is 8.06. The molecule has 0 fully saturated rings. The third-order valence-electron chi connectivity index (χ3n) is 3.41. The molecule has 0 saturated heterocycles. The zero-order valence-electron chi connectivity index (χ0n) is 12.8. The quantitative estimate of drug-likeness (QED) is 0.425. The van der Waals surface area contributed by atoms with Crippen molar-refractivity contribution >= 4 is 28.7 Å². The number of nitrogens with zero attached hydrogens (tertiary/aromatic N) is 3. The van der Waals surface area contributed by atoms with E-state index in [0.717, 1.165) is 5.56 Å². The summed E-state index contributed by atoms with van der Waals surface area (Å²) in [6.07, 6.45) is 1.65. The number of nitro groups is 1. The topological polar surface area (TPSA) is 100 Å². The maximum Gasteiger partial charge on any atom is 0.269 e. The lowest BCUT2D eigenvalue weighted by molar-refractivity contribution is -0.384. The average Bonchev–Trinajstić information content (AvgIpc) is 3.09. The second-order valence-electron chi connectivity index (χ2n) is 5.11. The van der Waals surface area contributed by atoms with Gasteiger partial charge in [-0.3, -0.25) is 10.1 Å². The van der Waals surface area contributed by atoms with Crippen molar-refractivity contribution in [2.45, 2.75) is 0 Å². The van der Waals surface area contributed by atoms with Crippen molar-refractivity contribution in [3.05, 3.63) is 74.6 Å². The summed E-state index contributed by atoms with van der Waals surface area (Å²) in [5, 5.41) is 32.0. The van der Waals surface area contributed by atoms with Crippen LogP contribution in [0.5, 0.6) is 5.75 Å². The summed E-state index contributed by atoms with van der Waals surface area (Å²) in [7, 11) is 0. The predicted molar refractivity (Wildman–Crippen MR) is 95.8 cm³/mol. The third kappa shape index (κ3) is 3.71. The first kappa shape index (κ1) is 16.4. The second-order valence-corrected chi connectivity index (χ2v) is 5.96. The predicted octanol–water partition coefficient (Wildman–Crippen LogP) is 4.49. The monoisotopic (exact) mass is 349 g/mol. The fourth-order valence-electron chi connectivity index (χ4n) is 2.21. The Bertz CT molecular complexity index is 1000. The van der Waals surface area contributed by atoms with Gasteiger partial charge in [-0.25, -0.2) is 4.98 Å². The molecule has 1 N–H and O–H groups in total. The molecule has 0 atom stereocenters. The largest absolute Gasteiger partial charge is 0.508 e. The van der Waals surface area contributed by atoms with Gasteiger partial charge in [-0.15, -0.1) is 11.3 Å². The Morgan fingerprint density at radius 3 is 2.68 bits per heavy atom. The molecule has 3 rings (SSSR count). The van der Waals surface area contributed by atoms with Gasteiger partial charge < -0.3 is 5.11 Å². The van der Waals surface area contributed by atoms with Crippen LogP contribution < -0.4 is 0 Å². The van der Waals surface area contributed by atoms with E-state index in [4.69, 9.17) is 0 Å². The number of non-ortho nitro benzene ring substituents is 1. The Morgan fingerprint density at radius 2 is 2.04 bits per heavy atom. The molecule has 0 aliphatic heterocycles. The van der Waals surface area contributed by atoms with E-state index in [0.29, 0.717) is 21.8 Å². The van der Waals surface area contributed by atoms with E-state index in [1.165, 1.54) is 23.5 Å². The van der Waals surface area contributed by atoms with Crippen LogP contribution in [0.4, 0.5) is 5.69 Å². The van der Waals surface area contributed by atoms with E-state index >= 15 is 0 Å². The van der Waals surface area contributed by atoms with Crippen LogP contribution in [0.2, 0.25) is 0 Å². The van der Waals surface area contributed by atoms with Crippen molar-refractivity contribution in [1.29, 1.82) is 5.26 Å². The number of hydrogen-bond donors (Lipinski definition) is 1. The summed E-state index contributed by atoms with van der Waals surface area (Å²) in [5.41, 5.74) is 2.47. The molecule has 1 heterocycles. The summed E-state index contributed by atoms with van der Waals surface area (Å²) in [5.74, 6) is 0.122. The fraction of sp³-hybridized carbons (Fsp3) is 0. The van der Waals surface area contributed by atoms with Gasteiger partial charge in [-0.05, 0) is 35.9 Å². The maximum atomic E-state index is 10.7. The van der Waals surface area contributed by atoms with Crippen molar-refractivity contribution in [2.24, 2.45) is 0 Å². The summed E-state index contributed by atoms with van der Waals surface area (Å²) in [6, 6.07) is 14.8. The van der Waals surface area contributed by atoms with E-state index in [9.17, 15) is 20.5 Å². The summed E-state index contributed by atoms with van der Waals surface area (Å²) < 4.78 is 0. The van der Waals surface area contributed by atoms with Gasteiger partial charge in [0.15, 0.2) is 0 Å². The molecule has 3 aromatic rings. The average molecular weight is 349 g/mol. The Morgan fingerprint density at radius 1 is 1.28 bits per heavy atom. The molecular formula is C18H11N3O3S. The Labute approximate surface area is 147 Å². The normalized spacial score (nSPS) is 11.1. The zero-order chi connectivity index (χ0) is 17.8. The zero-order valence-corrected chi connectivity index (χ0v) is 13.6. The summed E-state index contributed by atoms with van der Waals surface area (Å²) in [4.78, 5) is 14.7. The number of allylic oxidation sites excluding steroid dienone is 1.